The van der Waals surface area contributed by atoms with Crippen LogP contribution in [-0.2, 0) is 14.8 Å². The van der Waals surface area contributed by atoms with Crippen LogP contribution in [0.2, 0.25) is 0 Å². The maximum atomic E-state index is 12.1. The summed E-state index contributed by atoms with van der Waals surface area (Å²) >= 11 is 0. The first-order valence-corrected chi connectivity index (χ1v) is 8.94. The summed E-state index contributed by atoms with van der Waals surface area (Å²) in [5.74, 6) is 1.03. The number of hydrogen-bond donors (Lipinski definition) is 2. The zero-order valence-corrected chi connectivity index (χ0v) is 14.4. The van der Waals surface area contributed by atoms with Crippen molar-refractivity contribution < 1.29 is 17.6 Å². The Labute approximate surface area is 141 Å². The highest BCUT2D eigenvalue weighted by Gasteiger charge is 2.12. The molecular formula is C17H20N2O4S. The summed E-state index contributed by atoms with van der Waals surface area (Å²) in [7, 11) is -3.56. The standard InChI is InChI=1S/C17H20N2O4S/c1-13-3-8-16(9-4-13)24(21,22)19-12-11-18-17(20)10-7-15-6-5-14(2)23-15/h3-10,19H,11-12H2,1-2H3,(H,18,20)/b10-7+. The Morgan fingerprint density at radius 3 is 2.42 bits per heavy atom. The molecular weight excluding hydrogens is 328 g/mol. The van der Waals surface area contributed by atoms with Crippen LogP contribution in [0.25, 0.3) is 6.08 Å². The second-order valence-corrected chi connectivity index (χ2v) is 7.05. The van der Waals surface area contributed by atoms with Crippen LogP contribution in [0.1, 0.15) is 17.1 Å². The highest BCUT2D eigenvalue weighted by molar-refractivity contribution is 7.89. The van der Waals surface area contributed by atoms with Gasteiger partial charge in [-0.2, -0.15) is 0 Å². The smallest absolute Gasteiger partial charge is 0.244 e. The quantitative estimate of drug-likeness (QED) is 0.592. The first-order valence-electron chi connectivity index (χ1n) is 7.45. The normalized spacial score (nSPS) is 11.8. The minimum Gasteiger partial charge on any atom is -0.462 e. The van der Waals surface area contributed by atoms with E-state index in [0.717, 1.165) is 11.3 Å². The summed E-state index contributed by atoms with van der Waals surface area (Å²) in [5, 5.41) is 2.60. The lowest BCUT2D eigenvalue weighted by molar-refractivity contribution is -0.116. The van der Waals surface area contributed by atoms with Gasteiger partial charge < -0.3 is 9.73 Å². The second-order valence-electron chi connectivity index (χ2n) is 5.28. The Morgan fingerprint density at radius 1 is 1.08 bits per heavy atom. The molecule has 0 saturated carbocycles. The summed E-state index contributed by atoms with van der Waals surface area (Å²) in [6.07, 6.45) is 2.89. The highest BCUT2D eigenvalue weighted by Crippen LogP contribution is 2.09. The molecule has 6 nitrogen and oxygen atoms in total. The molecule has 1 aromatic carbocycles. The fraction of sp³-hybridized carbons (Fsp3) is 0.235. The number of amides is 1. The van der Waals surface area contributed by atoms with Gasteiger partial charge in [-0.25, -0.2) is 13.1 Å². The summed E-state index contributed by atoms with van der Waals surface area (Å²) in [5.41, 5.74) is 0.986. The molecule has 7 heteroatoms. The molecule has 0 unspecified atom stereocenters. The van der Waals surface area contributed by atoms with Gasteiger partial charge in [-0.3, -0.25) is 4.79 Å². The fourth-order valence-corrected chi connectivity index (χ4v) is 2.96. The van der Waals surface area contributed by atoms with Crippen molar-refractivity contribution in [3.05, 3.63) is 59.6 Å². The van der Waals surface area contributed by atoms with Crippen molar-refractivity contribution in [1.29, 1.82) is 0 Å². The number of nitrogens with one attached hydrogen (secondary N) is 2. The van der Waals surface area contributed by atoms with Gasteiger partial charge in [0.25, 0.3) is 0 Å². The van der Waals surface area contributed by atoms with Gasteiger partial charge in [0.2, 0.25) is 15.9 Å². The molecule has 2 aromatic rings. The molecule has 0 aliphatic carbocycles. The molecule has 0 aliphatic heterocycles. The predicted molar refractivity (Wildman–Crippen MR) is 91.9 cm³/mol. The number of rotatable bonds is 7. The van der Waals surface area contributed by atoms with Gasteiger partial charge in [-0.15, -0.1) is 0 Å². The molecule has 2 N–H and O–H groups in total. The lowest BCUT2D eigenvalue weighted by Crippen LogP contribution is -2.34. The Morgan fingerprint density at radius 2 is 1.79 bits per heavy atom. The average Bonchev–Trinajstić information content (AvgIpc) is 2.95. The number of benzene rings is 1. The van der Waals surface area contributed by atoms with Crippen molar-refractivity contribution in [2.45, 2.75) is 18.7 Å². The van der Waals surface area contributed by atoms with Gasteiger partial charge in [-0.1, -0.05) is 17.7 Å². The molecule has 2 rings (SSSR count). The first kappa shape index (κ1) is 18.0. The Kier molecular flexibility index (Phi) is 5.94. The van der Waals surface area contributed by atoms with Crippen molar-refractivity contribution in [1.82, 2.24) is 10.0 Å². The van der Waals surface area contributed by atoms with Gasteiger partial charge in [0.15, 0.2) is 0 Å². The third-order valence-corrected chi connectivity index (χ3v) is 4.68. The second kappa shape index (κ2) is 7.94. The average molecular weight is 348 g/mol. The Bertz CT molecular complexity index is 821. The molecule has 0 aliphatic rings. The Hall–Kier alpha value is -2.38. The first-order chi connectivity index (χ1) is 11.4. The molecule has 0 spiro atoms. The lowest BCUT2D eigenvalue weighted by atomic mass is 10.2. The van der Waals surface area contributed by atoms with E-state index in [0.29, 0.717) is 5.76 Å². The fourth-order valence-electron chi connectivity index (χ4n) is 1.93. The molecule has 0 saturated heterocycles. The largest absolute Gasteiger partial charge is 0.462 e. The highest BCUT2D eigenvalue weighted by atomic mass is 32.2. The van der Waals surface area contributed by atoms with Gasteiger partial charge in [0.05, 0.1) is 4.90 Å². The van der Waals surface area contributed by atoms with E-state index in [1.807, 2.05) is 13.8 Å². The van der Waals surface area contributed by atoms with E-state index in [9.17, 15) is 13.2 Å². The molecule has 128 valence electrons. The number of carbonyl (C=O) groups excluding carboxylic acids is 1. The maximum absolute atomic E-state index is 12.1. The summed E-state index contributed by atoms with van der Waals surface area (Å²) in [6.45, 7) is 4.00. The van der Waals surface area contributed by atoms with E-state index < -0.39 is 10.0 Å². The van der Waals surface area contributed by atoms with Gasteiger partial charge >= 0.3 is 0 Å². The van der Waals surface area contributed by atoms with Crippen LogP contribution in [0.15, 0.2) is 51.8 Å². The molecule has 0 fully saturated rings. The molecule has 0 atom stereocenters. The molecule has 1 amide bonds. The summed E-state index contributed by atoms with van der Waals surface area (Å²) in [4.78, 5) is 11.8. The van der Waals surface area contributed by atoms with Crippen LogP contribution >= 0.6 is 0 Å². The summed E-state index contributed by atoms with van der Waals surface area (Å²) < 4.78 is 31.8. The lowest BCUT2D eigenvalue weighted by Gasteiger charge is -2.07. The van der Waals surface area contributed by atoms with Crippen LogP contribution in [0, 0.1) is 13.8 Å². The van der Waals surface area contributed by atoms with E-state index in [2.05, 4.69) is 10.0 Å². The van der Waals surface area contributed by atoms with Crippen molar-refractivity contribution in [3.8, 4) is 0 Å². The molecule has 1 aromatic heterocycles. The van der Waals surface area contributed by atoms with E-state index in [1.54, 1.807) is 42.5 Å². The minimum absolute atomic E-state index is 0.107. The molecule has 0 bridgehead atoms. The van der Waals surface area contributed by atoms with Crippen LogP contribution < -0.4 is 10.0 Å². The van der Waals surface area contributed by atoms with Crippen molar-refractivity contribution in [2.24, 2.45) is 0 Å². The maximum Gasteiger partial charge on any atom is 0.244 e. The van der Waals surface area contributed by atoms with Gasteiger partial charge in [0.1, 0.15) is 11.5 Å². The monoisotopic (exact) mass is 348 g/mol. The van der Waals surface area contributed by atoms with Gasteiger partial charge in [0, 0.05) is 19.2 Å². The molecule has 1 heterocycles. The molecule has 24 heavy (non-hydrogen) atoms. The van der Waals surface area contributed by atoms with Crippen molar-refractivity contribution >= 4 is 22.0 Å². The van der Waals surface area contributed by atoms with Crippen LogP contribution in [0.3, 0.4) is 0 Å². The number of aryl methyl sites for hydroxylation is 2. The van der Waals surface area contributed by atoms with E-state index >= 15 is 0 Å². The third kappa shape index (κ3) is 5.36. The SMILES string of the molecule is Cc1ccc(S(=O)(=O)NCCNC(=O)/C=C/c2ccc(C)o2)cc1. The van der Waals surface area contributed by atoms with Gasteiger partial charge in [-0.05, 0) is 44.2 Å². The van der Waals surface area contributed by atoms with Crippen LogP contribution in [-0.4, -0.2) is 27.4 Å². The van der Waals surface area contributed by atoms with Crippen LogP contribution in [0.4, 0.5) is 0 Å². The van der Waals surface area contributed by atoms with Crippen molar-refractivity contribution in [2.75, 3.05) is 13.1 Å². The zero-order valence-electron chi connectivity index (χ0n) is 13.6. The Balaban J connectivity index is 1.76. The number of furan rings is 1. The van der Waals surface area contributed by atoms with E-state index in [4.69, 9.17) is 4.42 Å². The van der Waals surface area contributed by atoms with Crippen LogP contribution in [0.5, 0.6) is 0 Å². The zero-order chi connectivity index (χ0) is 17.6. The van der Waals surface area contributed by atoms with E-state index in [-0.39, 0.29) is 23.9 Å². The number of sulfonamides is 1. The number of carbonyl (C=O) groups is 1. The van der Waals surface area contributed by atoms with Crippen molar-refractivity contribution in [3.63, 3.8) is 0 Å². The molecule has 0 radical (unpaired) electrons. The summed E-state index contributed by atoms with van der Waals surface area (Å²) in [6, 6.07) is 10.1. The number of hydrogen-bond acceptors (Lipinski definition) is 4. The topological polar surface area (TPSA) is 88.4 Å². The van der Waals surface area contributed by atoms with E-state index in [1.165, 1.54) is 6.08 Å². The predicted octanol–water partition coefficient (Wildman–Crippen LogP) is 2.00. The minimum atomic E-state index is -3.56. The third-order valence-electron chi connectivity index (χ3n) is 3.21.